The summed E-state index contributed by atoms with van der Waals surface area (Å²) >= 11 is 0. The van der Waals surface area contributed by atoms with Crippen LogP contribution in [0.2, 0.25) is 0 Å². The van der Waals surface area contributed by atoms with Crippen molar-refractivity contribution in [3.8, 4) is 11.5 Å². The molecule has 0 saturated carbocycles. The zero-order valence-corrected chi connectivity index (χ0v) is 55.9. The van der Waals surface area contributed by atoms with E-state index in [0.717, 1.165) is 72.8 Å². The van der Waals surface area contributed by atoms with Crippen LogP contribution in [-0.4, -0.2) is 131 Å². The van der Waals surface area contributed by atoms with Crippen molar-refractivity contribution in [3.63, 3.8) is 0 Å². The number of hydrogen-bond acceptors (Lipinski definition) is 32. The van der Waals surface area contributed by atoms with Crippen molar-refractivity contribution in [2.75, 3.05) is 34.4 Å². The quantitative estimate of drug-likeness (QED) is 0.0136. The predicted octanol–water partition coefficient (Wildman–Crippen LogP) is 11.6. The van der Waals surface area contributed by atoms with E-state index < -0.39 is 136 Å². The molecule has 0 saturated heterocycles. The van der Waals surface area contributed by atoms with Crippen LogP contribution in [0.4, 0.5) is 89.4 Å². The highest BCUT2D eigenvalue weighted by molar-refractivity contribution is 7.87. The Balaban J connectivity index is 0.753. The van der Waals surface area contributed by atoms with Crippen LogP contribution in [0.25, 0.3) is 21.5 Å². The molecule has 1 unspecified atom stereocenters. The Morgan fingerprint density at radius 3 is 1.14 bits per heavy atom. The first-order valence-corrected chi connectivity index (χ1v) is 36.9. The van der Waals surface area contributed by atoms with Gasteiger partial charge in [-0.1, -0.05) is 6.92 Å². The minimum absolute atomic E-state index is 0.0582. The van der Waals surface area contributed by atoms with Gasteiger partial charge in [-0.25, -0.2) is 0 Å². The van der Waals surface area contributed by atoms with Gasteiger partial charge in [0.1, 0.15) is 42.3 Å². The van der Waals surface area contributed by atoms with Crippen LogP contribution in [0.1, 0.15) is 19.8 Å². The van der Waals surface area contributed by atoms with Crippen LogP contribution in [0.5, 0.6) is 11.5 Å². The number of phenols is 2. The highest BCUT2D eigenvalue weighted by Crippen LogP contribution is 2.45. The third-order valence-corrected chi connectivity index (χ3v) is 19.2. The van der Waals surface area contributed by atoms with E-state index in [0.29, 0.717) is 12.8 Å². The van der Waals surface area contributed by atoms with Crippen LogP contribution in [0.15, 0.2) is 204 Å². The van der Waals surface area contributed by atoms with Gasteiger partial charge in [0.05, 0.1) is 32.5 Å². The number of fused-ring (bicyclic) bond motifs is 2. The van der Waals surface area contributed by atoms with E-state index in [9.17, 15) is 96.8 Å². The van der Waals surface area contributed by atoms with E-state index in [2.05, 4.69) is 92.1 Å². The summed E-state index contributed by atoms with van der Waals surface area (Å²) < 4.78 is 234. The number of nitrogens with one attached hydrogen (secondary N) is 4. The third kappa shape index (κ3) is 18.4. The highest BCUT2D eigenvalue weighted by atomic mass is 32.2. The molecule has 46 heteroatoms. The van der Waals surface area contributed by atoms with Crippen LogP contribution in [-0.2, 0) is 60.7 Å². The molecule has 2 heterocycles. The van der Waals surface area contributed by atoms with Gasteiger partial charge in [0, 0.05) is 35.2 Å². The number of nitrogens with zero attached hydrogens (tertiary/aromatic N) is 14. The summed E-state index contributed by atoms with van der Waals surface area (Å²) in [5.74, 6) is -3.02. The Morgan fingerprint density at radius 1 is 0.392 bits per heavy atom. The van der Waals surface area contributed by atoms with Gasteiger partial charge in [-0.2, -0.15) is 110 Å². The molecule has 0 fully saturated rings. The summed E-state index contributed by atoms with van der Waals surface area (Å²) in [5, 5.41) is 63.8. The molecule has 1 atom stereocenters. The molecule has 0 aliphatic carbocycles. The smallest absolute Gasteiger partial charge is 0.315 e. The molecule has 0 spiro atoms. The second-order valence-corrected chi connectivity index (χ2v) is 29.7. The third-order valence-electron chi connectivity index (χ3n) is 13.9. The number of aromatic nitrogens is 6. The lowest BCUT2D eigenvalue weighted by atomic mass is 10.1. The molecule has 10 rings (SSSR count). The number of phenolic OH excluding ortho intramolecular Hbond substituents is 2. The van der Waals surface area contributed by atoms with Crippen molar-refractivity contribution in [3.05, 3.63) is 146 Å². The first-order valence-electron chi connectivity index (χ1n) is 28.3. The van der Waals surface area contributed by atoms with Crippen molar-refractivity contribution < 1.29 is 96.8 Å². The molecule has 530 valence electrons. The van der Waals surface area contributed by atoms with Gasteiger partial charge < -0.3 is 31.5 Å². The fourth-order valence-corrected chi connectivity index (χ4v) is 12.8. The van der Waals surface area contributed by atoms with Crippen LogP contribution >= 0.6 is 0 Å². The Morgan fingerprint density at radius 2 is 0.755 bits per heavy atom. The standard InChI is InChI=1S/C56H46F2N18O20S6/c1-28(27-60-54-64-52(58)66-56(68-54)62-34-9-17-40-30(22-34)24-46(102(94,95)96)48(50(40)78)76-74-42-19-11-36(26-44(42)100(88,89)90)72-70-32-6-14-38(15-7-32)98(82,83)84)3-2-20-59-53-63-51(57)65-55(67-53)61-33-8-16-39-29(21-33)23-45(101(91,92)93)47(49(39)77)75-73-41-18-10-35(25-43(41)99(85,86)87)71-69-31-4-12-37(13-5-31)97(79,80)81/h4-19,21-26,28,77-78H,2-3,20,27H2,1H3,(H,79,80,81)(H,82,83,84)(H,85,86,87)(H,88,89,90)(H,91,92,93)(H,94,95,96)(H2,59,61,63,65,67)(H2,60,62,64,66,68). The lowest BCUT2D eigenvalue weighted by Crippen LogP contribution is -2.16. The van der Waals surface area contributed by atoms with Crippen molar-refractivity contribution in [1.29, 1.82) is 0 Å². The van der Waals surface area contributed by atoms with Crippen LogP contribution < -0.4 is 21.3 Å². The average molecular weight is 1520 g/mol. The molecule has 2 aromatic heterocycles. The van der Waals surface area contributed by atoms with Gasteiger partial charge in [0.15, 0.2) is 11.5 Å². The Labute approximate surface area is 573 Å². The predicted molar refractivity (Wildman–Crippen MR) is 354 cm³/mol. The highest BCUT2D eigenvalue weighted by Gasteiger charge is 2.27. The molecule has 0 radical (unpaired) electrons. The minimum Gasteiger partial charge on any atom is -0.505 e. The number of benzene rings is 8. The summed E-state index contributed by atoms with van der Waals surface area (Å²) in [6.45, 7) is 2.19. The molecule has 12 N–H and O–H groups in total. The molecular weight excluding hydrogens is 1480 g/mol. The van der Waals surface area contributed by atoms with Gasteiger partial charge in [0.2, 0.25) is 23.8 Å². The maximum atomic E-state index is 14.8. The van der Waals surface area contributed by atoms with E-state index in [1.807, 2.05) is 6.92 Å². The largest absolute Gasteiger partial charge is 0.505 e. The number of halogens is 2. The topological polar surface area (TPSA) is 591 Å². The second kappa shape index (κ2) is 29.2. The zero-order valence-electron chi connectivity index (χ0n) is 51.1. The summed E-state index contributed by atoms with van der Waals surface area (Å²) in [6.07, 6.45) is -1.53. The zero-order chi connectivity index (χ0) is 73.9. The van der Waals surface area contributed by atoms with E-state index >= 15 is 0 Å². The first kappa shape index (κ1) is 73.5. The fraction of sp³-hybridized carbons (Fsp3) is 0.107. The molecule has 38 nitrogen and oxygen atoms in total. The molecule has 0 aliphatic rings. The van der Waals surface area contributed by atoms with Gasteiger partial charge in [0.25, 0.3) is 60.7 Å². The monoisotopic (exact) mass is 1520 g/mol. The number of aromatic hydroxyl groups is 2. The molecule has 0 amide bonds. The van der Waals surface area contributed by atoms with Gasteiger partial charge >= 0.3 is 12.2 Å². The van der Waals surface area contributed by atoms with Crippen molar-refractivity contribution in [2.45, 2.75) is 49.1 Å². The number of azo groups is 4. The summed E-state index contributed by atoms with van der Waals surface area (Å²) in [5.41, 5.74) is -2.99. The Hall–Kier alpha value is -11.2. The molecule has 8 aromatic carbocycles. The summed E-state index contributed by atoms with van der Waals surface area (Å²) in [7, 11) is -29.7. The normalized spacial score (nSPS) is 13.1. The summed E-state index contributed by atoms with van der Waals surface area (Å²) in [4.78, 5) is 18.2. The van der Waals surface area contributed by atoms with E-state index in [1.165, 1.54) is 60.7 Å². The van der Waals surface area contributed by atoms with Crippen molar-refractivity contribution in [1.82, 2.24) is 29.9 Å². The molecule has 10 aromatic rings. The second-order valence-electron chi connectivity index (χ2n) is 21.3. The minimum atomic E-state index is -5.24. The fourth-order valence-electron chi connectivity index (χ4n) is 9.21. The maximum Gasteiger partial charge on any atom is 0.315 e. The number of anilines is 6. The maximum absolute atomic E-state index is 14.8. The van der Waals surface area contributed by atoms with Crippen LogP contribution in [0, 0.1) is 18.1 Å². The van der Waals surface area contributed by atoms with E-state index in [-0.39, 0.29) is 98.5 Å². The SMILES string of the molecule is CC(CCCNc1nc(F)nc(Nc2ccc3c(O)c(N=Nc4ccc(N=Nc5ccc(S(=O)(=O)O)cc5)cc4S(=O)(=O)O)c(S(=O)(=O)O)cc3c2)n1)CNc1nc(F)nc(Nc2ccc3c(O)c(N=Nc4ccc(N=Nc5ccc(S(=O)(=O)O)cc5)cc4S(=O)(=O)O)c(S(=O)(=O)O)cc3c2)n1. The van der Waals surface area contributed by atoms with Gasteiger partial charge in [-0.05, 0) is 163 Å². The molecule has 102 heavy (non-hydrogen) atoms. The summed E-state index contributed by atoms with van der Waals surface area (Å²) in [6, 6.07) is 24.2. The lowest BCUT2D eigenvalue weighted by molar-refractivity contribution is 0.471. The molecule has 0 bridgehead atoms. The molecule has 0 aliphatic heterocycles. The van der Waals surface area contributed by atoms with E-state index in [1.54, 1.807) is 0 Å². The number of hydrogen-bond donors (Lipinski definition) is 12. The Kier molecular flexibility index (Phi) is 21.0. The first-order chi connectivity index (χ1) is 47.8. The van der Waals surface area contributed by atoms with E-state index in [4.69, 9.17) is 0 Å². The van der Waals surface area contributed by atoms with Crippen LogP contribution in [0.3, 0.4) is 0 Å². The van der Waals surface area contributed by atoms with Gasteiger partial charge in [-0.3, -0.25) is 27.3 Å². The number of rotatable bonds is 26. The molecular formula is C56H46F2N18O20S6. The van der Waals surface area contributed by atoms with Gasteiger partial charge in [-0.15, -0.1) is 20.5 Å². The average Bonchev–Trinajstić information content (AvgIpc) is 0.766. The Bertz CT molecular complexity index is 5880. The lowest BCUT2D eigenvalue weighted by Gasteiger charge is -2.14. The van der Waals surface area contributed by atoms with Crippen molar-refractivity contribution in [2.24, 2.45) is 46.8 Å². The van der Waals surface area contributed by atoms with Crippen molar-refractivity contribution >= 4 is 163 Å².